The van der Waals surface area contributed by atoms with Crippen molar-refractivity contribution >= 4 is 38.5 Å². The summed E-state index contributed by atoms with van der Waals surface area (Å²) < 4.78 is 2.36. The highest BCUT2D eigenvalue weighted by molar-refractivity contribution is 9.10. The maximum atomic E-state index is 11.8. The first-order valence-corrected chi connectivity index (χ1v) is 8.85. The van der Waals surface area contributed by atoms with Crippen LogP contribution in [0.25, 0.3) is 10.9 Å². The average molecular weight is 401 g/mol. The van der Waals surface area contributed by atoms with E-state index in [2.05, 4.69) is 40.8 Å². The maximum absolute atomic E-state index is 11.8. The third-order valence-corrected chi connectivity index (χ3v) is 4.90. The van der Waals surface area contributed by atoms with Crippen molar-refractivity contribution in [2.24, 2.45) is 7.05 Å². The number of fused-ring (bicyclic) bond motifs is 1. The van der Waals surface area contributed by atoms with E-state index in [-0.39, 0.29) is 5.56 Å². The second-order valence-electron chi connectivity index (χ2n) is 6.02. The Balaban J connectivity index is 1.50. The number of benzene rings is 1. The molecule has 1 fully saturated rings. The van der Waals surface area contributed by atoms with E-state index >= 15 is 0 Å². The summed E-state index contributed by atoms with van der Waals surface area (Å²) in [6, 6.07) is 7.62. The van der Waals surface area contributed by atoms with Gasteiger partial charge in [0, 0.05) is 55.3 Å². The zero-order valence-electron chi connectivity index (χ0n) is 13.8. The van der Waals surface area contributed by atoms with Gasteiger partial charge in [0.05, 0.1) is 17.4 Å². The molecule has 1 aliphatic heterocycles. The number of halogens is 1. The maximum Gasteiger partial charge on any atom is 0.268 e. The summed E-state index contributed by atoms with van der Waals surface area (Å²) in [7, 11) is 1.65. The molecule has 1 saturated heterocycles. The first kappa shape index (κ1) is 16.0. The Bertz CT molecular complexity index is 980. The minimum Gasteiger partial charge on any atom is -0.367 e. The summed E-state index contributed by atoms with van der Waals surface area (Å²) in [5.74, 6) is 0.747. The lowest BCUT2D eigenvalue weighted by Gasteiger charge is -2.35. The molecule has 3 heterocycles. The van der Waals surface area contributed by atoms with E-state index in [9.17, 15) is 4.79 Å². The number of aryl methyl sites for hydroxylation is 1. The van der Waals surface area contributed by atoms with E-state index in [1.54, 1.807) is 19.3 Å². The summed E-state index contributed by atoms with van der Waals surface area (Å²) in [5.41, 5.74) is 1.71. The highest BCUT2D eigenvalue weighted by atomic mass is 79.9. The van der Waals surface area contributed by atoms with Gasteiger partial charge < -0.3 is 9.80 Å². The summed E-state index contributed by atoms with van der Waals surface area (Å²) in [6.45, 7) is 3.21. The highest BCUT2D eigenvalue weighted by Gasteiger charge is 2.20. The molecule has 128 valence electrons. The molecule has 1 aromatic carbocycles. The largest absolute Gasteiger partial charge is 0.367 e. The third-order valence-electron chi connectivity index (χ3n) is 4.41. The topological polar surface area (TPSA) is 67.2 Å². The fourth-order valence-corrected chi connectivity index (χ4v) is 3.32. The van der Waals surface area contributed by atoms with Gasteiger partial charge in [-0.2, -0.15) is 5.10 Å². The smallest absolute Gasteiger partial charge is 0.268 e. The van der Waals surface area contributed by atoms with Crippen molar-refractivity contribution in [1.82, 2.24) is 19.7 Å². The van der Waals surface area contributed by atoms with Crippen molar-refractivity contribution in [1.29, 1.82) is 0 Å². The predicted octanol–water partition coefficient (Wildman–Crippen LogP) is 1.81. The lowest BCUT2D eigenvalue weighted by molar-refractivity contribution is 0.633. The van der Waals surface area contributed by atoms with Gasteiger partial charge in [-0.25, -0.2) is 14.6 Å². The monoisotopic (exact) mass is 400 g/mol. The van der Waals surface area contributed by atoms with E-state index in [0.717, 1.165) is 53.2 Å². The molecule has 2 aromatic heterocycles. The summed E-state index contributed by atoms with van der Waals surface area (Å²) in [4.78, 5) is 25.3. The van der Waals surface area contributed by atoms with E-state index in [1.165, 1.54) is 4.68 Å². The molecular formula is C17H17BrN6O. The fourth-order valence-electron chi connectivity index (χ4n) is 2.94. The fraction of sp³-hybridized carbons (Fsp3) is 0.294. The molecule has 0 N–H and O–H groups in total. The van der Waals surface area contributed by atoms with Crippen LogP contribution in [0, 0.1) is 0 Å². The summed E-state index contributed by atoms with van der Waals surface area (Å²) >= 11 is 3.47. The summed E-state index contributed by atoms with van der Waals surface area (Å²) in [5, 5.41) is 5.11. The molecule has 25 heavy (non-hydrogen) atoms. The van der Waals surface area contributed by atoms with Crippen molar-refractivity contribution in [3.8, 4) is 0 Å². The van der Waals surface area contributed by atoms with Crippen molar-refractivity contribution in [2.45, 2.75) is 0 Å². The molecule has 0 atom stereocenters. The zero-order valence-corrected chi connectivity index (χ0v) is 15.3. The van der Waals surface area contributed by atoms with Gasteiger partial charge in [0.2, 0.25) is 5.95 Å². The molecule has 0 radical (unpaired) electrons. The lowest BCUT2D eigenvalue weighted by atomic mass is 10.2. The number of aromatic nitrogens is 4. The van der Waals surface area contributed by atoms with Crippen LogP contribution in [0.4, 0.5) is 11.6 Å². The average Bonchev–Trinajstić information content (AvgIpc) is 2.64. The second-order valence-corrected chi connectivity index (χ2v) is 6.94. The first-order chi connectivity index (χ1) is 12.1. The second kappa shape index (κ2) is 6.44. The first-order valence-electron chi connectivity index (χ1n) is 8.06. The quantitative estimate of drug-likeness (QED) is 0.653. The number of piperazine rings is 1. The molecule has 0 amide bonds. The van der Waals surface area contributed by atoms with Gasteiger partial charge in [-0.15, -0.1) is 0 Å². The van der Waals surface area contributed by atoms with Crippen LogP contribution in [0.3, 0.4) is 0 Å². The van der Waals surface area contributed by atoms with Crippen LogP contribution in [0.15, 0.2) is 45.9 Å². The van der Waals surface area contributed by atoms with Gasteiger partial charge in [-0.05, 0) is 18.2 Å². The molecular weight excluding hydrogens is 384 g/mol. The van der Waals surface area contributed by atoms with Crippen molar-refractivity contribution in [3.63, 3.8) is 0 Å². The molecule has 0 aliphatic carbocycles. The zero-order chi connectivity index (χ0) is 17.4. The number of hydrogen-bond donors (Lipinski definition) is 0. The molecule has 0 spiro atoms. The van der Waals surface area contributed by atoms with Gasteiger partial charge >= 0.3 is 0 Å². The lowest BCUT2D eigenvalue weighted by Crippen LogP contribution is -2.47. The van der Waals surface area contributed by atoms with Crippen LogP contribution in [0.5, 0.6) is 0 Å². The van der Waals surface area contributed by atoms with E-state index in [0.29, 0.717) is 0 Å². The molecule has 3 aromatic rings. The van der Waals surface area contributed by atoms with Crippen LogP contribution in [0.1, 0.15) is 0 Å². The number of rotatable bonds is 2. The van der Waals surface area contributed by atoms with Crippen LogP contribution in [-0.2, 0) is 7.05 Å². The van der Waals surface area contributed by atoms with Crippen LogP contribution in [0.2, 0.25) is 0 Å². The van der Waals surface area contributed by atoms with Crippen molar-refractivity contribution < 1.29 is 0 Å². The molecule has 0 bridgehead atoms. The molecule has 8 heteroatoms. The minimum atomic E-state index is -0.0936. The Morgan fingerprint density at radius 2 is 1.80 bits per heavy atom. The van der Waals surface area contributed by atoms with E-state index in [1.807, 2.05) is 24.4 Å². The Hall–Kier alpha value is -2.48. The van der Waals surface area contributed by atoms with Gasteiger partial charge in [-0.3, -0.25) is 4.79 Å². The Labute approximate surface area is 153 Å². The van der Waals surface area contributed by atoms with Gasteiger partial charge in [0.25, 0.3) is 5.56 Å². The van der Waals surface area contributed by atoms with Gasteiger partial charge in [0.15, 0.2) is 0 Å². The van der Waals surface area contributed by atoms with Crippen molar-refractivity contribution in [3.05, 3.63) is 51.5 Å². The van der Waals surface area contributed by atoms with Crippen LogP contribution >= 0.6 is 15.9 Å². The molecule has 7 nitrogen and oxygen atoms in total. The molecule has 4 rings (SSSR count). The van der Waals surface area contributed by atoms with E-state index in [4.69, 9.17) is 0 Å². The number of anilines is 2. The highest BCUT2D eigenvalue weighted by Crippen LogP contribution is 2.21. The Morgan fingerprint density at radius 3 is 2.56 bits per heavy atom. The van der Waals surface area contributed by atoms with Gasteiger partial charge in [-0.1, -0.05) is 15.9 Å². The van der Waals surface area contributed by atoms with Gasteiger partial charge in [0.1, 0.15) is 0 Å². The van der Waals surface area contributed by atoms with Crippen LogP contribution in [-0.4, -0.2) is 45.9 Å². The minimum absolute atomic E-state index is 0.0936. The SMILES string of the molecule is Cn1ncc(N2CCN(c3ncc4cc(Br)ccc4n3)CC2)cc1=O. The Morgan fingerprint density at radius 1 is 1.04 bits per heavy atom. The Kier molecular flexibility index (Phi) is 4.12. The summed E-state index contributed by atoms with van der Waals surface area (Å²) in [6.07, 6.45) is 3.60. The molecule has 0 unspecified atom stereocenters. The number of nitrogens with zero attached hydrogens (tertiary/aromatic N) is 6. The standard InChI is InChI=1S/C17H17BrN6O/c1-22-16(25)9-14(11-20-22)23-4-6-24(7-5-23)17-19-10-12-8-13(18)2-3-15(12)21-17/h2-3,8-11H,4-7H2,1H3. The third kappa shape index (κ3) is 3.21. The normalized spacial score (nSPS) is 15.0. The molecule has 0 saturated carbocycles. The van der Waals surface area contributed by atoms with E-state index < -0.39 is 0 Å². The predicted molar refractivity (Wildman–Crippen MR) is 101 cm³/mol. The van der Waals surface area contributed by atoms with Crippen molar-refractivity contribution in [2.75, 3.05) is 36.0 Å². The van der Waals surface area contributed by atoms with Crippen LogP contribution < -0.4 is 15.4 Å². The number of hydrogen-bond acceptors (Lipinski definition) is 6. The molecule has 1 aliphatic rings.